The van der Waals surface area contributed by atoms with Crippen LogP contribution >= 0.6 is 27.5 Å². The van der Waals surface area contributed by atoms with Crippen LogP contribution in [0.25, 0.3) is 6.08 Å². The number of nitrogens with one attached hydrogen (secondary N) is 1. The van der Waals surface area contributed by atoms with Gasteiger partial charge in [-0.15, -0.1) is 0 Å². The monoisotopic (exact) mass is 302 g/mol. The molecule has 0 fully saturated rings. The predicted octanol–water partition coefficient (Wildman–Crippen LogP) is 3.08. The van der Waals surface area contributed by atoms with Gasteiger partial charge in [0.2, 0.25) is 10.6 Å². The molecule has 0 bridgehead atoms. The molecule has 0 heterocycles. The number of benzene rings is 1. The third-order valence-corrected chi connectivity index (χ3v) is 2.96. The average molecular weight is 304 g/mol. The summed E-state index contributed by atoms with van der Waals surface area (Å²) in [6.45, 7) is 0. The van der Waals surface area contributed by atoms with Gasteiger partial charge in [-0.3, -0.25) is 0 Å². The van der Waals surface area contributed by atoms with Crippen molar-refractivity contribution in [1.82, 2.24) is 4.91 Å². The number of carboxylic acid groups (broad SMARTS) is 1. The lowest BCUT2D eigenvalue weighted by molar-refractivity contribution is -0.132. The van der Waals surface area contributed by atoms with Crippen molar-refractivity contribution >= 4 is 39.6 Å². The summed E-state index contributed by atoms with van der Waals surface area (Å²) in [5.41, 5.74) is 6.64. The maximum Gasteiger partial charge on any atom is 0.362 e. The van der Waals surface area contributed by atoms with Crippen molar-refractivity contribution in [1.29, 1.82) is 5.53 Å². The first kappa shape index (κ1) is 12.6. The number of nitrogens with zero attached hydrogens (tertiary/aromatic N) is 2. The second-order valence-electron chi connectivity index (χ2n) is 2.68. The molecule has 82 valence electrons. The number of halogens is 2. The first-order chi connectivity index (χ1) is 7.56. The number of aliphatic carboxylic acids is 1. The largest absolute Gasteiger partial charge is 0.476 e. The summed E-state index contributed by atoms with van der Waals surface area (Å²) in [6, 6.07) is 5.07. The Bertz CT molecular complexity index is 505. The van der Waals surface area contributed by atoms with Crippen molar-refractivity contribution < 1.29 is 9.90 Å². The summed E-state index contributed by atoms with van der Waals surface area (Å²) in [5.74, 6) is -1.27. The number of hydrogen-bond donors (Lipinski definition) is 2. The highest BCUT2D eigenvalue weighted by Gasteiger charge is 2.13. The van der Waals surface area contributed by atoms with Crippen LogP contribution in [-0.2, 0) is 4.79 Å². The van der Waals surface area contributed by atoms with E-state index in [1.54, 1.807) is 18.2 Å². The van der Waals surface area contributed by atoms with E-state index in [1.165, 1.54) is 6.08 Å². The third-order valence-electron chi connectivity index (χ3n) is 1.65. The van der Waals surface area contributed by atoms with Crippen molar-refractivity contribution in [2.24, 2.45) is 5.11 Å². The van der Waals surface area contributed by atoms with Crippen LogP contribution in [0, 0.1) is 5.53 Å². The highest BCUT2D eigenvalue weighted by molar-refractivity contribution is 9.10. The molecule has 0 aromatic heterocycles. The predicted molar refractivity (Wildman–Crippen MR) is 62.0 cm³/mol. The topological polar surface area (TPSA) is 87.6 Å². The minimum absolute atomic E-state index is 0.352. The van der Waals surface area contributed by atoms with Crippen molar-refractivity contribution in [3.8, 4) is 0 Å². The average Bonchev–Trinajstić information content (AvgIpc) is 2.23. The summed E-state index contributed by atoms with van der Waals surface area (Å²) >= 11 is 9.15. The summed E-state index contributed by atoms with van der Waals surface area (Å²) in [6.07, 6.45) is 1.24. The molecule has 0 aliphatic heterocycles. The second kappa shape index (κ2) is 5.55. The van der Waals surface area contributed by atoms with Gasteiger partial charge in [-0.25, -0.2) is 4.79 Å². The van der Waals surface area contributed by atoms with Crippen LogP contribution in [0.15, 0.2) is 33.5 Å². The highest BCUT2D eigenvalue weighted by atomic mass is 79.9. The van der Waals surface area contributed by atoms with Gasteiger partial charge in [-0.2, -0.15) is 0 Å². The van der Waals surface area contributed by atoms with Gasteiger partial charge in [0.1, 0.15) is 5.53 Å². The Morgan fingerprint density at radius 1 is 1.62 bits per heavy atom. The van der Waals surface area contributed by atoms with Crippen molar-refractivity contribution in [2.75, 3.05) is 0 Å². The third kappa shape index (κ3) is 3.00. The molecule has 0 aliphatic rings. The summed E-state index contributed by atoms with van der Waals surface area (Å²) in [7, 11) is 0. The Labute approximate surface area is 104 Å². The maximum atomic E-state index is 10.7. The van der Waals surface area contributed by atoms with Crippen LogP contribution in [-0.4, -0.2) is 11.1 Å². The van der Waals surface area contributed by atoms with Gasteiger partial charge in [0.25, 0.3) is 0 Å². The standard InChI is InChI=1S/C9H5BrClN3O2/c10-6-3-1-2-5(8(6)11)4-7(9(15)16)13-14-12/h1-4,12H/p+1/b7-4-. The molecule has 1 aromatic rings. The van der Waals surface area contributed by atoms with E-state index in [4.69, 9.17) is 22.2 Å². The van der Waals surface area contributed by atoms with E-state index in [9.17, 15) is 4.79 Å². The van der Waals surface area contributed by atoms with E-state index in [0.29, 0.717) is 15.1 Å². The molecule has 5 nitrogen and oxygen atoms in total. The molecule has 2 N–H and O–H groups in total. The van der Waals surface area contributed by atoms with Crippen molar-refractivity contribution in [3.05, 3.63) is 39.0 Å². The zero-order chi connectivity index (χ0) is 12.1. The zero-order valence-corrected chi connectivity index (χ0v) is 10.2. The Morgan fingerprint density at radius 3 is 2.88 bits per heavy atom. The molecule has 1 rings (SSSR count). The van der Waals surface area contributed by atoms with Crippen LogP contribution in [0.3, 0.4) is 0 Å². The fourth-order valence-corrected chi connectivity index (χ4v) is 1.53. The highest BCUT2D eigenvalue weighted by Crippen LogP contribution is 2.27. The molecule has 0 radical (unpaired) electrons. The van der Waals surface area contributed by atoms with E-state index in [0.717, 1.165) is 0 Å². The fourth-order valence-electron chi connectivity index (χ4n) is 0.966. The lowest BCUT2D eigenvalue weighted by atomic mass is 10.2. The molecule has 0 saturated carbocycles. The number of carboxylic acids is 1. The van der Waals surface area contributed by atoms with E-state index in [1.807, 2.05) is 0 Å². The molecular weight excluding hydrogens is 297 g/mol. The minimum Gasteiger partial charge on any atom is -0.476 e. The summed E-state index contributed by atoms with van der Waals surface area (Å²) in [5, 5.41) is 12.3. The Hall–Kier alpha value is -1.49. The van der Waals surface area contributed by atoms with Gasteiger partial charge < -0.3 is 5.11 Å². The first-order valence-electron chi connectivity index (χ1n) is 4.02. The Morgan fingerprint density at radius 2 is 2.31 bits per heavy atom. The van der Waals surface area contributed by atoms with Crippen molar-refractivity contribution in [3.63, 3.8) is 0 Å². The van der Waals surface area contributed by atoms with Gasteiger partial charge in [0.05, 0.1) is 5.02 Å². The smallest absolute Gasteiger partial charge is 0.362 e. The molecule has 0 saturated heterocycles. The number of carbonyl (C=O) groups is 1. The summed E-state index contributed by atoms with van der Waals surface area (Å²) in [4.78, 5) is 13.4. The summed E-state index contributed by atoms with van der Waals surface area (Å²) < 4.78 is 0.649. The maximum absolute atomic E-state index is 10.7. The molecule has 1 aromatic carbocycles. The Kier molecular flexibility index (Phi) is 4.37. The zero-order valence-electron chi connectivity index (χ0n) is 7.82. The van der Waals surface area contributed by atoms with Gasteiger partial charge in [0.15, 0.2) is 5.11 Å². The van der Waals surface area contributed by atoms with Crippen LogP contribution in [0.2, 0.25) is 5.02 Å². The van der Waals surface area contributed by atoms with Gasteiger partial charge >= 0.3 is 5.97 Å². The van der Waals surface area contributed by atoms with Crippen LogP contribution in [0.5, 0.6) is 0 Å². The fraction of sp³-hybridized carbons (Fsp3) is 0. The SMILES string of the molecule is N=[N+]=N/C(=C\c1cccc(Br)c1Cl)C(=O)O. The minimum atomic E-state index is -1.27. The Balaban J connectivity index is 3.28. The van der Waals surface area contributed by atoms with Crippen molar-refractivity contribution in [2.45, 2.75) is 0 Å². The van der Waals surface area contributed by atoms with Crippen LogP contribution in [0.4, 0.5) is 0 Å². The van der Waals surface area contributed by atoms with Gasteiger partial charge in [0, 0.05) is 4.47 Å². The second-order valence-corrected chi connectivity index (χ2v) is 3.91. The molecule has 0 spiro atoms. The van der Waals surface area contributed by atoms with E-state index < -0.39 is 5.97 Å². The lowest BCUT2D eigenvalue weighted by Crippen LogP contribution is -1.97. The molecule has 16 heavy (non-hydrogen) atoms. The molecule has 0 aliphatic carbocycles. The van der Waals surface area contributed by atoms with E-state index in [2.05, 4.69) is 26.0 Å². The normalized spacial score (nSPS) is 10.8. The molecule has 0 atom stereocenters. The van der Waals surface area contributed by atoms with Gasteiger partial charge in [-0.1, -0.05) is 23.7 Å². The first-order valence-corrected chi connectivity index (χ1v) is 5.20. The molecule has 0 unspecified atom stereocenters. The van der Waals surface area contributed by atoms with E-state index >= 15 is 0 Å². The van der Waals surface area contributed by atoms with Crippen LogP contribution in [0.1, 0.15) is 5.56 Å². The van der Waals surface area contributed by atoms with Gasteiger partial charge in [-0.05, 0) is 33.6 Å². The lowest BCUT2D eigenvalue weighted by Gasteiger charge is -1.99. The molecule has 7 heteroatoms. The molecular formula is C9H6BrClN3O2+. The number of rotatable bonds is 3. The number of hydrogen-bond acceptors (Lipinski definition) is 3. The quantitative estimate of drug-likeness (QED) is 0.510. The molecule has 0 amide bonds. The van der Waals surface area contributed by atoms with Crippen LogP contribution < -0.4 is 4.91 Å². The van der Waals surface area contributed by atoms with E-state index in [-0.39, 0.29) is 5.70 Å².